The van der Waals surface area contributed by atoms with E-state index >= 15 is 0 Å². The summed E-state index contributed by atoms with van der Waals surface area (Å²) >= 11 is 0. The molecule has 160 valence electrons. The normalized spacial score (nSPS) is 17.5. The fourth-order valence-corrected chi connectivity index (χ4v) is 3.76. The number of fused-ring (bicyclic) bond motifs is 1. The molecule has 3 aromatic heterocycles. The van der Waals surface area contributed by atoms with E-state index < -0.39 is 11.9 Å². The number of nitrogens with zero attached hydrogens (tertiary/aromatic N) is 3. The highest BCUT2D eigenvalue weighted by Crippen LogP contribution is 2.32. The van der Waals surface area contributed by atoms with Gasteiger partial charge in [-0.05, 0) is 36.2 Å². The van der Waals surface area contributed by atoms with Gasteiger partial charge in [0.2, 0.25) is 5.91 Å². The number of hydrogen-bond donors (Lipinski definition) is 1. The third-order valence-electron chi connectivity index (χ3n) is 5.33. The van der Waals surface area contributed by atoms with Crippen LogP contribution in [0.4, 0.5) is 13.2 Å². The molecule has 1 amide bonds. The number of alkyl halides is 3. The predicted molar refractivity (Wildman–Crippen MR) is 101 cm³/mol. The molecule has 0 bridgehead atoms. The first kappa shape index (κ1) is 20.2. The van der Waals surface area contributed by atoms with Crippen molar-refractivity contribution < 1.29 is 27.2 Å². The molecule has 0 unspecified atom stereocenters. The number of carbonyl (C=O) groups is 1. The molecule has 0 spiro atoms. The number of rotatable bonds is 5. The number of ether oxygens (including phenoxy) is 1. The van der Waals surface area contributed by atoms with E-state index in [0.29, 0.717) is 36.7 Å². The van der Waals surface area contributed by atoms with Gasteiger partial charge in [0, 0.05) is 43.6 Å². The van der Waals surface area contributed by atoms with Crippen LogP contribution in [0.5, 0.6) is 5.88 Å². The van der Waals surface area contributed by atoms with Crippen LogP contribution < -0.4 is 4.74 Å². The SMILES string of the molecule is COc1cc(CCC(=O)N2CCC[C@@H](c3cc4nc(C(F)(F)F)ccc4[nH]3)C2)on1. The van der Waals surface area contributed by atoms with Crippen LogP contribution in [0.15, 0.2) is 28.8 Å². The van der Waals surface area contributed by atoms with Gasteiger partial charge in [-0.2, -0.15) is 13.2 Å². The van der Waals surface area contributed by atoms with Crippen molar-refractivity contribution in [2.75, 3.05) is 20.2 Å². The quantitative estimate of drug-likeness (QED) is 0.674. The number of carbonyl (C=O) groups excluding carboxylic acids is 1. The molecular weight excluding hydrogens is 401 g/mol. The number of aromatic amines is 1. The number of likely N-dealkylation sites (tertiary alicyclic amines) is 1. The van der Waals surface area contributed by atoms with Crippen molar-refractivity contribution in [3.05, 3.63) is 41.4 Å². The first-order chi connectivity index (χ1) is 14.3. The summed E-state index contributed by atoms with van der Waals surface area (Å²) < 4.78 is 48.8. The maximum Gasteiger partial charge on any atom is 0.433 e. The first-order valence-corrected chi connectivity index (χ1v) is 9.67. The van der Waals surface area contributed by atoms with Crippen LogP contribution in [-0.2, 0) is 17.4 Å². The van der Waals surface area contributed by atoms with Crippen LogP contribution in [0.3, 0.4) is 0 Å². The number of amides is 1. The van der Waals surface area contributed by atoms with E-state index in [9.17, 15) is 18.0 Å². The Morgan fingerprint density at radius 1 is 1.37 bits per heavy atom. The van der Waals surface area contributed by atoms with Crippen molar-refractivity contribution >= 4 is 16.9 Å². The van der Waals surface area contributed by atoms with Crippen molar-refractivity contribution in [3.63, 3.8) is 0 Å². The van der Waals surface area contributed by atoms with Gasteiger partial charge in [0.15, 0.2) is 0 Å². The minimum Gasteiger partial charge on any atom is -0.479 e. The highest BCUT2D eigenvalue weighted by atomic mass is 19.4. The molecule has 1 saturated heterocycles. The summed E-state index contributed by atoms with van der Waals surface area (Å²) in [5.74, 6) is 0.979. The highest BCUT2D eigenvalue weighted by Gasteiger charge is 2.33. The van der Waals surface area contributed by atoms with Crippen LogP contribution >= 0.6 is 0 Å². The maximum absolute atomic E-state index is 12.9. The van der Waals surface area contributed by atoms with Crippen LogP contribution in [-0.4, -0.2) is 46.1 Å². The molecule has 0 radical (unpaired) electrons. The van der Waals surface area contributed by atoms with Gasteiger partial charge in [-0.15, -0.1) is 0 Å². The molecule has 3 aromatic rings. The summed E-state index contributed by atoms with van der Waals surface area (Å²) in [6.07, 6.45) is -2.10. The summed E-state index contributed by atoms with van der Waals surface area (Å²) in [4.78, 5) is 21.3. The van der Waals surface area contributed by atoms with Crippen LogP contribution in [0, 0.1) is 0 Å². The second-order valence-electron chi connectivity index (χ2n) is 7.37. The molecule has 30 heavy (non-hydrogen) atoms. The number of methoxy groups -OCH3 is 1. The largest absolute Gasteiger partial charge is 0.479 e. The standard InChI is InChI=1S/C20H21F3N4O3/c1-29-18-9-13(30-26-18)4-7-19(28)27-8-2-3-12(11-27)15-10-16-14(24-15)5-6-17(25-16)20(21,22)23/h5-6,9-10,12,24H,2-4,7-8,11H2,1H3/t12-/m1/s1. The Bertz CT molecular complexity index is 1040. The summed E-state index contributed by atoms with van der Waals surface area (Å²) in [7, 11) is 1.49. The second-order valence-corrected chi connectivity index (χ2v) is 7.37. The minimum absolute atomic E-state index is 0.00339. The summed E-state index contributed by atoms with van der Waals surface area (Å²) in [5, 5.41) is 3.72. The zero-order valence-electron chi connectivity index (χ0n) is 16.3. The van der Waals surface area contributed by atoms with Crippen molar-refractivity contribution in [2.45, 2.75) is 37.8 Å². The summed E-state index contributed by atoms with van der Waals surface area (Å²) in [5.41, 5.74) is 0.725. The average molecular weight is 422 g/mol. The Morgan fingerprint density at radius 2 is 2.20 bits per heavy atom. The molecule has 0 aliphatic carbocycles. The molecule has 0 aromatic carbocycles. The smallest absolute Gasteiger partial charge is 0.433 e. The lowest BCUT2D eigenvalue weighted by molar-refractivity contribution is -0.141. The number of halogens is 3. The van der Waals surface area contributed by atoms with Gasteiger partial charge in [-0.3, -0.25) is 4.79 Å². The molecule has 4 heterocycles. The van der Waals surface area contributed by atoms with Crippen molar-refractivity contribution in [1.29, 1.82) is 0 Å². The predicted octanol–water partition coefficient (Wildman–Crippen LogP) is 3.92. The van der Waals surface area contributed by atoms with Gasteiger partial charge >= 0.3 is 6.18 Å². The van der Waals surface area contributed by atoms with E-state index in [2.05, 4.69) is 15.1 Å². The molecule has 1 aliphatic heterocycles. The molecule has 1 fully saturated rings. The number of nitrogens with one attached hydrogen (secondary N) is 1. The van der Waals surface area contributed by atoms with Crippen molar-refractivity contribution in [3.8, 4) is 5.88 Å². The Kier molecular flexibility index (Phi) is 5.40. The molecule has 7 nitrogen and oxygen atoms in total. The fourth-order valence-electron chi connectivity index (χ4n) is 3.76. The van der Waals surface area contributed by atoms with E-state index in [4.69, 9.17) is 9.26 Å². The number of aryl methyl sites for hydroxylation is 1. The number of aromatic nitrogens is 3. The van der Waals surface area contributed by atoms with E-state index in [1.165, 1.54) is 13.2 Å². The van der Waals surface area contributed by atoms with Gasteiger partial charge in [-0.1, -0.05) is 0 Å². The van der Waals surface area contributed by atoms with E-state index in [-0.39, 0.29) is 23.8 Å². The van der Waals surface area contributed by atoms with Gasteiger partial charge < -0.3 is 19.1 Å². The zero-order valence-corrected chi connectivity index (χ0v) is 16.3. The molecular formula is C20H21F3N4O3. The lowest BCUT2D eigenvalue weighted by Gasteiger charge is -2.32. The van der Waals surface area contributed by atoms with E-state index in [1.807, 2.05) is 0 Å². The second kappa shape index (κ2) is 8.00. The van der Waals surface area contributed by atoms with Crippen LogP contribution in [0.25, 0.3) is 11.0 Å². The number of pyridine rings is 1. The topological polar surface area (TPSA) is 84.2 Å². The van der Waals surface area contributed by atoms with Gasteiger partial charge in [-0.25, -0.2) is 4.98 Å². The Balaban J connectivity index is 1.42. The molecule has 10 heteroatoms. The molecule has 1 N–H and O–H groups in total. The van der Waals surface area contributed by atoms with Gasteiger partial charge in [0.05, 0.1) is 18.1 Å². The molecule has 1 aliphatic rings. The number of hydrogen-bond acceptors (Lipinski definition) is 5. The molecule has 1 atom stereocenters. The van der Waals surface area contributed by atoms with Gasteiger partial charge in [0.1, 0.15) is 11.5 Å². The Labute approximate surface area is 170 Å². The molecule has 4 rings (SSSR count). The van der Waals surface area contributed by atoms with Crippen molar-refractivity contribution in [2.24, 2.45) is 0 Å². The average Bonchev–Trinajstić information content (AvgIpc) is 3.37. The van der Waals surface area contributed by atoms with Crippen molar-refractivity contribution in [1.82, 2.24) is 20.0 Å². The van der Waals surface area contributed by atoms with Crippen LogP contribution in [0.2, 0.25) is 0 Å². The highest BCUT2D eigenvalue weighted by molar-refractivity contribution is 5.77. The Hall–Kier alpha value is -3.04. The summed E-state index contributed by atoms with van der Waals surface area (Å²) in [6, 6.07) is 5.67. The van der Waals surface area contributed by atoms with E-state index in [1.54, 1.807) is 17.0 Å². The maximum atomic E-state index is 12.9. The first-order valence-electron chi connectivity index (χ1n) is 9.67. The lowest BCUT2D eigenvalue weighted by Crippen LogP contribution is -2.39. The fraction of sp³-hybridized carbons (Fsp3) is 0.450. The third kappa shape index (κ3) is 4.27. The van der Waals surface area contributed by atoms with Crippen LogP contribution in [0.1, 0.15) is 42.3 Å². The van der Waals surface area contributed by atoms with E-state index in [0.717, 1.165) is 24.6 Å². The third-order valence-corrected chi connectivity index (χ3v) is 5.33. The monoisotopic (exact) mass is 422 g/mol. The minimum atomic E-state index is -4.48. The number of piperidine rings is 1. The summed E-state index contributed by atoms with van der Waals surface area (Å²) in [6.45, 7) is 1.17. The molecule has 0 saturated carbocycles. The lowest BCUT2D eigenvalue weighted by atomic mass is 9.94. The zero-order chi connectivity index (χ0) is 21.3. The Morgan fingerprint density at radius 3 is 2.93 bits per heavy atom. The van der Waals surface area contributed by atoms with Gasteiger partial charge in [0.25, 0.3) is 5.88 Å². The number of H-pyrrole nitrogens is 1.